The van der Waals surface area contributed by atoms with E-state index in [2.05, 4.69) is 38.9 Å². The Bertz CT molecular complexity index is 1040. The molecule has 2 aromatic carbocycles. The standard InChI is InChI=1S/C20H16N4S/c1-14-11-12-25-18(14)13-21-24-20-16-9-5-6-10-17(16)22-19(23-20)15-7-3-2-4-8-15/h2-13H,1H3,(H,22,23,24)/b21-13-. The fraction of sp³-hybridized carbons (Fsp3) is 0.0500. The maximum Gasteiger partial charge on any atom is 0.162 e. The third-order valence-electron chi connectivity index (χ3n) is 3.89. The zero-order chi connectivity index (χ0) is 17.1. The molecular formula is C20H16N4S. The Hall–Kier alpha value is -3.05. The normalized spacial score (nSPS) is 11.2. The van der Waals surface area contributed by atoms with Crippen LogP contribution in [-0.4, -0.2) is 16.2 Å². The molecule has 4 aromatic rings. The number of para-hydroxylation sites is 1. The van der Waals surface area contributed by atoms with Gasteiger partial charge in [-0.1, -0.05) is 42.5 Å². The van der Waals surface area contributed by atoms with Crippen molar-refractivity contribution in [1.29, 1.82) is 0 Å². The number of nitrogens with one attached hydrogen (secondary N) is 1. The first-order valence-electron chi connectivity index (χ1n) is 7.96. The Morgan fingerprint density at radius 2 is 1.76 bits per heavy atom. The van der Waals surface area contributed by atoms with Crippen LogP contribution in [0, 0.1) is 6.92 Å². The van der Waals surface area contributed by atoms with Crippen LogP contribution in [0.15, 0.2) is 71.1 Å². The van der Waals surface area contributed by atoms with Gasteiger partial charge < -0.3 is 0 Å². The fourth-order valence-corrected chi connectivity index (χ4v) is 3.33. The van der Waals surface area contributed by atoms with Gasteiger partial charge in [-0.2, -0.15) is 5.10 Å². The van der Waals surface area contributed by atoms with Crippen molar-refractivity contribution in [2.75, 3.05) is 5.43 Å². The van der Waals surface area contributed by atoms with Gasteiger partial charge in [0.15, 0.2) is 11.6 Å². The molecule has 0 fully saturated rings. The molecule has 0 amide bonds. The quantitative estimate of drug-likeness (QED) is 0.413. The van der Waals surface area contributed by atoms with Crippen LogP contribution in [0.2, 0.25) is 0 Å². The molecule has 0 saturated heterocycles. The molecule has 0 spiro atoms. The van der Waals surface area contributed by atoms with E-state index in [1.54, 1.807) is 11.3 Å². The van der Waals surface area contributed by atoms with Gasteiger partial charge in [-0.15, -0.1) is 11.3 Å². The van der Waals surface area contributed by atoms with Gasteiger partial charge in [0.25, 0.3) is 0 Å². The molecule has 122 valence electrons. The molecule has 2 aromatic heterocycles. The second kappa shape index (κ2) is 6.83. The van der Waals surface area contributed by atoms with E-state index >= 15 is 0 Å². The number of hydrazone groups is 1. The average molecular weight is 344 g/mol. The third-order valence-corrected chi connectivity index (χ3v) is 4.84. The summed E-state index contributed by atoms with van der Waals surface area (Å²) in [5, 5.41) is 7.38. The van der Waals surface area contributed by atoms with Crippen molar-refractivity contribution in [2.45, 2.75) is 6.92 Å². The number of hydrogen-bond donors (Lipinski definition) is 1. The molecule has 0 unspecified atom stereocenters. The van der Waals surface area contributed by atoms with E-state index in [4.69, 9.17) is 0 Å². The first-order valence-corrected chi connectivity index (χ1v) is 8.84. The van der Waals surface area contributed by atoms with Crippen LogP contribution in [-0.2, 0) is 0 Å². The summed E-state index contributed by atoms with van der Waals surface area (Å²) in [4.78, 5) is 10.5. The average Bonchev–Trinajstić information content (AvgIpc) is 3.07. The molecule has 0 aliphatic carbocycles. The van der Waals surface area contributed by atoms with Gasteiger partial charge in [0, 0.05) is 15.8 Å². The highest BCUT2D eigenvalue weighted by Crippen LogP contribution is 2.24. The Morgan fingerprint density at radius 3 is 2.56 bits per heavy atom. The number of thiophene rings is 1. The number of nitrogens with zero attached hydrogens (tertiary/aromatic N) is 3. The molecule has 0 bridgehead atoms. The minimum Gasteiger partial charge on any atom is -0.261 e. The Balaban J connectivity index is 1.74. The number of anilines is 1. The number of aryl methyl sites for hydroxylation is 1. The smallest absolute Gasteiger partial charge is 0.162 e. The van der Waals surface area contributed by atoms with E-state index in [1.165, 1.54) is 5.56 Å². The second-order valence-corrected chi connectivity index (χ2v) is 6.56. The van der Waals surface area contributed by atoms with E-state index in [-0.39, 0.29) is 0 Å². The van der Waals surface area contributed by atoms with E-state index in [9.17, 15) is 0 Å². The Kier molecular flexibility index (Phi) is 4.23. The van der Waals surface area contributed by atoms with Gasteiger partial charge >= 0.3 is 0 Å². The number of aromatic nitrogens is 2. The van der Waals surface area contributed by atoms with Gasteiger partial charge in [0.05, 0.1) is 11.7 Å². The summed E-state index contributed by atoms with van der Waals surface area (Å²) in [7, 11) is 0. The molecule has 0 atom stereocenters. The summed E-state index contributed by atoms with van der Waals surface area (Å²) < 4.78 is 0. The van der Waals surface area contributed by atoms with Crippen LogP contribution < -0.4 is 5.43 Å². The molecule has 0 aliphatic rings. The highest BCUT2D eigenvalue weighted by atomic mass is 32.1. The molecule has 4 rings (SSSR count). The minimum absolute atomic E-state index is 0.685. The first kappa shape index (κ1) is 15.5. The summed E-state index contributed by atoms with van der Waals surface area (Å²) in [5.41, 5.74) is 6.18. The summed E-state index contributed by atoms with van der Waals surface area (Å²) in [5.74, 6) is 1.39. The molecule has 25 heavy (non-hydrogen) atoms. The largest absolute Gasteiger partial charge is 0.261 e. The van der Waals surface area contributed by atoms with E-state index in [1.807, 2.05) is 60.8 Å². The lowest BCUT2D eigenvalue weighted by molar-refractivity contribution is 1.19. The lowest BCUT2D eigenvalue weighted by atomic mass is 10.2. The number of hydrogen-bond acceptors (Lipinski definition) is 5. The van der Waals surface area contributed by atoms with Gasteiger partial charge in [-0.05, 0) is 36.1 Å². The summed E-state index contributed by atoms with van der Waals surface area (Å²) in [6, 6.07) is 20.0. The topological polar surface area (TPSA) is 50.2 Å². The SMILES string of the molecule is Cc1ccsc1/C=N\Nc1nc(-c2ccccc2)nc2ccccc12. The van der Waals surface area contributed by atoms with Gasteiger partial charge in [-0.25, -0.2) is 9.97 Å². The van der Waals surface area contributed by atoms with Gasteiger partial charge in [0.2, 0.25) is 0 Å². The highest BCUT2D eigenvalue weighted by molar-refractivity contribution is 7.11. The highest BCUT2D eigenvalue weighted by Gasteiger charge is 2.08. The zero-order valence-electron chi connectivity index (χ0n) is 13.7. The predicted molar refractivity (Wildman–Crippen MR) is 105 cm³/mol. The lowest BCUT2D eigenvalue weighted by Crippen LogP contribution is -1.99. The summed E-state index contributed by atoms with van der Waals surface area (Å²) >= 11 is 1.67. The predicted octanol–water partition coefficient (Wildman–Crippen LogP) is 5.11. The first-order chi connectivity index (χ1) is 12.3. The summed E-state index contributed by atoms with van der Waals surface area (Å²) in [6.45, 7) is 2.07. The molecule has 2 heterocycles. The Labute approximate surface area is 149 Å². The van der Waals surface area contributed by atoms with Crippen molar-refractivity contribution in [3.05, 3.63) is 76.5 Å². The molecule has 1 N–H and O–H groups in total. The molecule has 0 radical (unpaired) electrons. The van der Waals surface area contributed by atoms with Crippen molar-refractivity contribution in [3.63, 3.8) is 0 Å². The van der Waals surface area contributed by atoms with Crippen molar-refractivity contribution >= 4 is 34.3 Å². The van der Waals surface area contributed by atoms with Crippen molar-refractivity contribution in [2.24, 2.45) is 5.10 Å². The Morgan fingerprint density at radius 1 is 0.960 bits per heavy atom. The number of benzene rings is 2. The molecule has 0 aliphatic heterocycles. The maximum atomic E-state index is 4.68. The van der Waals surface area contributed by atoms with Crippen LogP contribution in [0.25, 0.3) is 22.3 Å². The van der Waals surface area contributed by atoms with Crippen LogP contribution in [0.5, 0.6) is 0 Å². The number of rotatable bonds is 4. The van der Waals surface area contributed by atoms with Crippen LogP contribution in [0.1, 0.15) is 10.4 Å². The van der Waals surface area contributed by atoms with Crippen molar-refractivity contribution in [1.82, 2.24) is 9.97 Å². The molecule has 5 heteroatoms. The van der Waals surface area contributed by atoms with Crippen LogP contribution in [0.3, 0.4) is 0 Å². The van der Waals surface area contributed by atoms with Gasteiger partial charge in [0.1, 0.15) is 0 Å². The minimum atomic E-state index is 0.685. The molecule has 0 saturated carbocycles. The third kappa shape index (κ3) is 3.27. The maximum absolute atomic E-state index is 4.68. The summed E-state index contributed by atoms with van der Waals surface area (Å²) in [6.07, 6.45) is 1.83. The van der Waals surface area contributed by atoms with E-state index in [0.29, 0.717) is 11.6 Å². The monoisotopic (exact) mass is 344 g/mol. The molecular weight excluding hydrogens is 328 g/mol. The van der Waals surface area contributed by atoms with Crippen molar-refractivity contribution < 1.29 is 0 Å². The lowest BCUT2D eigenvalue weighted by Gasteiger charge is -2.08. The fourth-order valence-electron chi connectivity index (χ4n) is 2.55. The molecule has 4 nitrogen and oxygen atoms in total. The van der Waals surface area contributed by atoms with Crippen molar-refractivity contribution in [3.8, 4) is 11.4 Å². The van der Waals surface area contributed by atoms with Crippen LogP contribution >= 0.6 is 11.3 Å². The number of fused-ring (bicyclic) bond motifs is 1. The van der Waals surface area contributed by atoms with E-state index in [0.717, 1.165) is 21.3 Å². The zero-order valence-corrected chi connectivity index (χ0v) is 14.5. The van der Waals surface area contributed by atoms with E-state index < -0.39 is 0 Å². The van der Waals surface area contributed by atoms with Crippen LogP contribution in [0.4, 0.5) is 5.82 Å². The second-order valence-electron chi connectivity index (χ2n) is 5.62. The van der Waals surface area contributed by atoms with Gasteiger partial charge in [-0.3, -0.25) is 5.43 Å².